The van der Waals surface area contributed by atoms with Crippen LogP contribution in [-0.4, -0.2) is 37.6 Å². The van der Waals surface area contributed by atoms with Crippen LogP contribution in [0.15, 0.2) is 30.3 Å². The zero-order chi connectivity index (χ0) is 20.0. The number of ether oxygens (including phenoxy) is 2. The van der Waals surface area contributed by atoms with Crippen LogP contribution in [-0.2, 0) is 11.3 Å². The maximum atomic E-state index is 12.7. The predicted octanol–water partition coefficient (Wildman–Crippen LogP) is 4.16. The van der Waals surface area contributed by atoms with Gasteiger partial charge in [-0.2, -0.15) is 0 Å². The third kappa shape index (κ3) is 5.97. The molecule has 2 aromatic rings. The first-order chi connectivity index (χ1) is 12.8. The number of nitrogens with one attached hydrogen (secondary N) is 1. The van der Waals surface area contributed by atoms with Crippen LogP contribution < -0.4 is 14.8 Å². The second kappa shape index (κ2) is 9.76. The van der Waals surface area contributed by atoms with Crippen molar-refractivity contribution >= 4 is 17.2 Å². The molecule has 1 atom stereocenters. The lowest BCUT2D eigenvalue weighted by Gasteiger charge is -2.26. The summed E-state index contributed by atoms with van der Waals surface area (Å²) in [5.74, 6) is 1.47. The minimum Gasteiger partial charge on any atom is -0.497 e. The maximum Gasteiger partial charge on any atom is 0.234 e. The van der Waals surface area contributed by atoms with Gasteiger partial charge in [-0.05, 0) is 58.0 Å². The summed E-state index contributed by atoms with van der Waals surface area (Å²) in [4.78, 5) is 17.4. The molecule has 0 radical (unpaired) electrons. The fourth-order valence-electron chi connectivity index (χ4n) is 2.92. The fourth-order valence-corrected chi connectivity index (χ4v) is 3.83. The molecule has 27 heavy (non-hydrogen) atoms. The Labute approximate surface area is 166 Å². The van der Waals surface area contributed by atoms with Gasteiger partial charge in [-0.25, -0.2) is 0 Å². The Morgan fingerprint density at radius 2 is 1.89 bits per heavy atom. The summed E-state index contributed by atoms with van der Waals surface area (Å²) in [7, 11) is 3.25. The molecule has 0 unspecified atom stereocenters. The van der Waals surface area contributed by atoms with Crippen molar-refractivity contribution in [3.63, 3.8) is 0 Å². The van der Waals surface area contributed by atoms with Gasteiger partial charge in [-0.15, -0.1) is 11.3 Å². The number of thiophene rings is 1. The normalized spacial score (nSPS) is 12.3. The second-order valence-electron chi connectivity index (χ2n) is 6.91. The minimum absolute atomic E-state index is 0.00523. The Kier molecular flexibility index (Phi) is 7.68. The Morgan fingerprint density at radius 1 is 1.15 bits per heavy atom. The first kappa shape index (κ1) is 21.3. The van der Waals surface area contributed by atoms with E-state index in [0.29, 0.717) is 6.54 Å². The molecule has 0 saturated heterocycles. The van der Waals surface area contributed by atoms with Crippen molar-refractivity contribution < 1.29 is 14.3 Å². The van der Waals surface area contributed by atoms with Crippen molar-refractivity contribution in [1.82, 2.24) is 10.2 Å². The number of hydrogen-bond acceptors (Lipinski definition) is 5. The molecule has 0 spiro atoms. The van der Waals surface area contributed by atoms with Crippen LogP contribution in [0.5, 0.6) is 11.5 Å². The third-order valence-corrected chi connectivity index (χ3v) is 5.50. The number of aryl methyl sites for hydroxylation is 1. The van der Waals surface area contributed by atoms with Crippen molar-refractivity contribution in [1.29, 1.82) is 0 Å². The largest absolute Gasteiger partial charge is 0.497 e. The van der Waals surface area contributed by atoms with Crippen LogP contribution in [0.2, 0.25) is 0 Å². The molecule has 5 nitrogen and oxygen atoms in total. The minimum atomic E-state index is -0.180. The maximum absolute atomic E-state index is 12.7. The summed E-state index contributed by atoms with van der Waals surface area (Å²) in [5, 5.41) is 3.09. The summed E-state index contributed by atoms with van der Waals surface area (Å²) in [6.07, 6.45) is 0. The van der Waals surface area contributed by atoms with E-state index in [2.05, 4.69) is 43.1 Å². The number of hydrogen-bond donors (Lipinski definition) is 1. The molecule has 1 aromatic carbocycles. The number of nitrogens with zero attached hydrogens (tertiary/aromatic N) is 1. The number of carbonyl (C=O) groups is 1. The van der Waals surface area contributed by atoms with Crippen LogP contribution >= 0.6 is 11.3 Å². The molecule has 0 aliphatic rings. The van der Waals surface area contributed by atoms with Gasteiger partial charge in [0.15, 0.2) is 0 Å². The first-order valence-corrected chi connectivity index (χ1v) is 9.96. The van der Waals surface area contributed by atoms with E-state index in [4.69, 9.17) is 9.47 Å². The van der Waals surface area contributed by atoms with E-state index in [1.54, 1.807) is 25.6 Å². The van der Waals surface area contributed by atoms with Gasteiger partial charge < -0.3 is 14.8 Å². The molecule has 1 N–H and O–H groups in total. The van der Waals surface area contributed by atoms with Gasteiger partial charge >= 0.3 is 0 Å². The molecule has 1 aromatic heterocycles. The van der Waals surface area contributed by atoms with Gasteiger partial charge in [0, 0.05) is 27.9 Å². The van der Waals surface area contributed by atoms with Crippen LogP contribution in [0.4, 0.5) is 0 Å². The zero-order valence-corrected chi connectivity index (χ0v) is 17.9. The molecular formula is C21H30N2O3S. The van der Waals surface area contributed by atoms with E-state index < -0.39 is 0 Å². The van der Waals surface area contributed by atoms with Gasteiger partial charge in [0.2, 0.25) is 5.91 Å². The van der Waals surface area contributed by atoms with Gasteiger partial charge in [0.05, 0.1) is 26.8 Å². The molecule has 0 saturated carbocycles. The quantitative estimate of drug-likeness (QED) is 0.698. The van der Waals surface area contributed by atoms with Crippen molar-refractivity contribution in [2.45, 2.75) is 46.3 Å². The number of carbonyl (C=O) groups excluding carboxylic acids is 1. The smallest absolute Gasteiger partial charge is 0.234 e. The molecule has 0 aliphatic heterocycles. The summed E-state index contributed by atoms with van der Waals surface area (Å²) >= 11 is 1.78. The Hall–Kier alpha value is -2.05. The van der Waals surface area contributed by atoms with Crippen LogP contribution in [0.1, 0.15) is 42.1 Å². The second-order valence-corrected chi connectivity index (χ2v) is 8.28. The van der Waals surface area contributed by atoms with Crippen molar-refractivity contribution in [3.8, 4) is 11.5 Å². The number of rotatable bonds is 9. The van der Waals surface area contributed by atoms with E-state index >= 15 is 0 Å². The van der Waals surface area contributed by atoms with Gasteiger partial charge in [0.25, 0.3) is 0 Å². The molecular weight excluding hydrogens is 360 g/mol. The molecule has 0 fully saturated rings. The van der Waals surface area contributed by atoms with E-state index in [1.807, 2.05) is 25.1 Å². The Bertz CT molecular complexity index is 758. The van der Waals surface area contributed by atoms with Gasteiger partial charge in [-0.3, -0.25) is 9.69 Å². The number of benzene rings is 1. The Balaban J connectivity index is 2.04. The van der Waals surface area contributed by atoms with E-state index in [0.717, 1.165) is 23.6 Å². The van der Waals surface area contributed by atoms with Crippen LogP contribution in [0, 0.1) is 6.92 Å². The lowest BCUT2D eigenvalue weighted by Crippen LogP contribution is -2.41. The van der Waals surface area contributed by atoms with Gasteiger partial charge in [0.1, 0.15) is 11.5 Å². The average molecular weight is 391 g/mol. The van der Waals surface area contributed by atoms with Crippen LogP contribution in [0.25, 0.3) is 0 Å². The highest BCUT2D eigenvalue weighted by Gasteiger charge is 2.19. The van der Waals surface area contributed by atoms with Crippen LogP contribution in [0.3, 0.4) is 0 Å². The summed E-state index contributed by atoms with van der Waals surface area (Å²) in [6.45, 7) is 9.41. The third-order valence-electron chi connectivity index (χ3n) is 4.51. The fraction of sp³-hybridized carbons (Fsp3) is 0.476. The highest BCUT2D eigenvalue weighted by Crippen LogP contribution is 2.29. The summed E-state index contributed by atoms with van der Waals surface area (Å²) < 4.78 is 10.7. The van der Waals surface area contributed by atoms with E-state index in [9.17, 15) is 4.79 Å². The van der Waals surface area contributed by atoms with Gasteiger partial charge in [-0.1, -0.05) is 0 Å². The van der Waals surface area contributed by atoms with E-state index in [1.165, 1.54) is 9.75 Å². The van der Waals surface area contributed by atoms with E-state index in [-0.39, 0.29) is 18.0 Å². The molecule has 0 bridgehead atoms. The summed E-state index contributed by atoms with van der Waals surface area (Å²) in [6, 6.07) is 9.96. The standard InChI is InChI=1S/C21H30N2O3S/c1-14(2)23(12-18-9-7-15(3)27-18)13-21(24)22-16(4)19-11-17(25-5)8-10-20(19)26-6/h7-11,14,16H,12-13H2,1-6H3,(H,22,24)/t16-/m1/s1. The molecule has 148 valence electrons. The molecule has 2 rings (SSSR count). The molecule has 1 amide bonds. The molecule has 0 aliphatic carbocycles. The SMILES string of the molecule is COc1ccc(OC)c([C@@H](C)NC(=O)CN(Cc2ccc(C)s2)C(C)C)c1. The lowest BCUT2D eigenvalue weighted by atomic mass is 10.1. The monoisotopic (exact) mass is 390 g/mol. The first-order valence-electron chi connectivity index (χ1n) is 9.14. The molecule has 6 heteroatoms. The Morgan fingerprint density at radius 3 is 2.44 bits per heavy atom. The highest BCUT2D eigenvalue weighted by molar-refractivity contribution is 7.11. The molecule has 1 heterocycles. The van der Waals surface area contributed by atoms with Crippen molar-refractivity contribution in [3.05, 3.63) is 45.6 Å². The van der Waals surface area contributed by atoms with Crippen molar-refractivity contribution in [2.75, 3.05) is 20.8 Å². The lowest BCUT2D eigenvalue weighted by molar-refractivity contribution is -0.123. The zero-order valence-electron chi connectivity index (χ0n) is 17.0. The average Bonchev–Trinajstić information content (AvgIpc) is 3.05. The number of amides is 1. The summed E-state index contributed by atoms with van der Waals surface area (Å²) in [5.41, 5.74) is 0.898. The van der Waals surface area contributed by atoms with Crippen molar-refractivity contribution in [2.24, 2.45) is 0 Å². The topological polar surface area (TPSA) is 50.8 Å². The highest BCUT2D eigenvalue weighted by atomic mass is 32.1. The predicted molar refractivity (Wildman–Crippen MR) is 111 cm³/mol. The number of methoxy groups -OCH3 is 2.